The van der Waals surface area contributed by atoms with Crippen LogP contribution in [0.5, 0.6) is 5.75 Å². The first-order chi connectivity index (χ1) is 14.4. The summed E-state index contributed by atoms with van der Waals surface area (Å²) in [5.74, 6) is -0.486. The predicted octanol–water partition coefficient (Wildman–Crippen LogP) is 4.04. The first-order valence-electron chi connectivity index (χ1n) is 9.37. The van der Waals surface area contributed by atoms with Crippen LogP contribution in [0.3, 0.4) is 0 Å². The lowest BCUT2D eigenvalue weighted by Gasteiger charge is -2.12. The molecule has 1 aromatic heterocycles. The van der Waals surface area contributed by atoms with E-state index in [0.29, 0.717) is 22.0 Å². The number of carbonyl (C=O) groups is 2. The molecule has 30 heavy (non-hydrogen) atoms. The van der Waals surface area contributed by atoms with Crippen LogP contribution in [0.1, 0.15) is 45.4 Å². The van der Waals surface area contributed by atoms with Gasteiger partial charge in [0, 0.05) is 17.3 Å². The quantitative estimate of drug-likeness (QED) is 0.565. The smallest absolute Gasteiger partial charge is 0.286 e. The van der Waals surface area contributed by atoms with Gasteiger partial charge in [0.05, 0.1) is 0 Å². The van der Waals surface area contributed by atoms with Gasteiger partial charge < -0.3 is 15.4 Å². The summed E-state index contributed by atoms with van der Waals surface area (Å²) < 4.78 is 18.4. The van der Waals surface area contributed by atoms with Crippen LogP contribution >= 0.6 is 11.3 Å². The van der Waals surface area contributed by atoms with E-state index in [1.807, 2.05) is 13.8 Å². The standard InChI is InChI=1S/C21H21FN4O3S/c1-3-13(2)23-19(27)14-5-4-6-16(11-14)24-20(28)21-26-25-18(30-21)12-29-17-9-7-15(22)8-10-17/h4-11,13H,3,12H2,1-2H3,(H,23,27)(H,24,28). The predicted molar refractivity (Wildman–Crippen MR) is 112 cm³/mol. The number of carbonyl (C=O) groups excluding carboxylic acids is 2. The highest BCUT2D eigenvalue weighted by atomic mass is 32.1. The summed E-state index contributed by atoms with van der Waals surface area (Å²) in [6, 6.07) is 12.4. The second kappa shape index (κ2) is 9.93. The van der Waals surface area contributed by atoms with Crippen molar-refractivity contribution >= 4 is 28.8 Å². The molecule has 1 heterocycles. The number of nitrogens with one attached hydrogen (secondary N) is 2. The number of hydrogen-bond donors (Lipinski definition) is 2. The lowest BCUT2D eigenvalue weighted by Crippen LogP contribution is -2.31. The van der Waals surface area contributed by atoms with Gasteiger partial charge in [0.25, 0.3) is 11.8 Å². The van der Waals surface area contributed by atoms with Crippen LogP contribution in [0, 0.1) is 5.82 Å². The minimum atomic E-state index is -0.431. The maximum absolute atomic E-state index is 12.9. The minimum Gasteiger partial charge on any atom is -0.486 e. The van der Waals surface area contributed by atoms with Crippen LogP contribution in [-0.2, 0) is 6.61 Å². The first kappa shape index (κ1) is 21.4. The van der Waals surface area contributed by atoms with Gasteiger partial charge in [-0.25, -0.2) is 4.39 Å². The van der Waals surface area contributed by atoms with Gasteiger partial charge in [-0.05, 0) is 55.8 Å². The van der Waals surface area contributed by atoms with Crippen molar-refractivity contribution in [2.75, 3.05) is 5.32 Å². The van der Waals surface area contributed by atoms with Gasteiger partial charge in [0.1, 0.15) is 18.2 Å². The fraction of sp³-hybridized carbons (Fsp3) is 0.238. The fourth-order valence-corrected chi connectivity index (χ4v) is 3.06. The molecular weight excluding hydrogens is 407 g/mol. The van der Waals surface area contributed by atoms with Crippen molar-refractivity contribution in [2.24, 2.45) is 0 Å². The third kappa shape index (κ3) is 5.84. The number of aromatic nitrogens is 2. The lowest BCUT2D eigenvalue weighted by atomic mass is 10.1. The second-order valence-electron chi connectivity index (χ2n) is 6.56. The van der Waals surface area contributed by atoms with Gasteiger partial charge in [-0.15, -0.1) is 10.2 Å². The molecule has 0 aliphatic rings. The van der Waals surface area contributed by atoms with E-state index in [2.05, 4.69) is 20.8 Å². The van der Waals surface area contributed by atoms with Crippen molar-refractivity contribution in [1.82, 2.24) is 15.5 Å². The Bertz CT molecular complexity index is 1020. The van der Waals surface area contributed by atoms with Crippen LogP contribution in [0.15, 0.2) is 48.5 Å². The van der Waals surface area contributed by atoms with Gasteiger partial charge in [-0.2, -0.15) is 0 Å². The van der Waals surface area contributed by atoms with E-state index in [4.69, 9.17) is 4.74 Å². The Morgan fingerprint density at radius 3 is 2.63 bits per heavy atom. The number of anilines is 1. The third-order valence-corrected chi connectivity index (χ3v) is 5.11. The highest BCUT2D eigenvalue weighted by Crippen LogP contribution is 2.18. The molecule has 156 valence electrons. The van der Waals surface area contributed by atoms with E-state index in [-0.39, 0.29) is 29.4 Å². The van der Waals surface area contributed by atoms with Crippen LogP contribution in [0.2, 0.25) is 0 Å². The Labute approximate surface area is 177 Å². The number of nitrogens with zero attached hydrogens (tertiary/aromatic N) is 2. The van der Waals surface area contributed by atoms with Crippen molar-refractivity contribution < 1.29 is 18.7 Å². The van der Waals surface area contributed by atoms with E-state index in [9.17, 15) is 14.0 Å². The molecule has 2 aromatic carbocycles. The average molecular weight is 428 g/mol. The number of halogens is 1. The Hall–Kier alpha value is -3.33. The summed E-state index contributed by atoms with van der Waals surface area (Å²) in [7, 11) is 0. The van der Waals surface area contributed by atoms with Gasteiger partial charge >= 0.3 is 0 Å². The Morgan fingerprint density at radius 1 is 1.13 bits per heavy atom. The van der Waals surface area contributed by atoms with Crippen LogP contribution in [0.25, 0.3) is 0 Å². The van der Waals surface area contributed by atoms with Crippen molar-refractivity contribution in [3.05, 3.63) is 69.9 Å². The molecule has 9 heteroatoms. The summed E-state index contributed by atoms with van der Waals surface area (Å²) >= 11 is 1.09. The third-order valence-electron chi connectivity index (χ3n) is 4.21. The van der Waals surface area contributed by atoms with E-state index in [1.54, 1.807) is 24.3 Å². The maximum atomic E-state index is 12.9. The second-order valence-corrected chi connectivity index (χ2v) is 7.62. The first-order valence-corrected chi connectivity index (χ1v) is 10.2. The van der Waals surface area contributed by atoms with Crippen molar-refractivity contribution in [3.8, 4) is 5.75 Å². The number of benzene rings is 2. The van der Waals surface area contributed by atoms with Crippen molar-refractivity contribution in [2.45, 2.75) is 32.9 Å². The highest BCUT2D eigenvalue weighted by Gasteiger charge is 2.15. The summed E-state index contributed by atoms with van der Waals surface area (Å²) in [6.07, 6.45) is 0.826. The molecule has 0 aliphatic heterocycles. The zero-order valence-electron chi connectivity index (χ0n) is 16.5. The lowest BCUT2D eigenvalue weighted by molar-refractivity contribution is 0.0938. The summed E-state index contributed by atoms with van der Waals surface area (Å²) in [5, 5.41) is 14.1. The molecule has 2 N–H and O–H groups in total. The van der Waals surface area contributed by atoms with E-state index in [1.165, 1.54) is 24.3 Å². The fourth-order valence-electron chi connectivity index (χ4n) is 2.41. The van der Waals surface area contributed by atoms with E-state index >= 15 is 0 Å². The van der Waals surface area contributed by atoms with Gasteiger partial charge in [-0.3, -0.25) is 9.59 Å². The van der Waals surface area contributed by atoms with Crippen molar-refractivity contribution in [1.29, 1.82) is 0 Å². The monoisotopic (exact) mass is 428 g/mol. The molecule has 3 rings (SSSR count). The summed E-state index contributed by atoms with van der Waals surface area (Å²) in [5.41, 5.74) is 0.940. The number of amides is 2. The molecule has 0 bridgehead atoms. The topological polar surface area (TPSA) is 93.2 Å². The van der Waals surface area contributed by atoms with Crippen LogP contribution in [0.4, 0.5) is 10.1 Å². The molecule has 2 amide bonds. The summed E-state index contributed by atoms with van der Waals surface area (Å²) in [6.45, 7) is 4.03. The zero-order chi connectivity index (χ0) is 21.5. The molecule has 0 fully saturated rings. The molecular formula is C21H21FN4O3S. The minimum absolute atomic E-state index is 0.0627. The molecule has 0 radical (unpaired) electrons. The summed E-state index contributed by atoms with van der Waals surface area (Å²) in [4.78, 5) is 24.7. The number of hydrogen-bond acceptors (Lipinski definition) is 6. The SMILES string of the molecule is CCC(C)NC(=O)c1cccc(NC(=O)c2nnc(COc3ccc(F)cc3)s2)c1. The van der Waals surface area contributed by atoms with Gasteiger partial charge in [-0.1, -0.05) is 24.3 Å². The highest BCUT2D eigenvalue weighted by molar-refractivity contribution is 7.13. The normalized spacial score (nSPS) is 11.6. The molecule has 1 atom stereocenters. The number of rotatable bonds is 8. The van der Waals surface area contributed by atoms with Gasteiger partial charge in [0.2, 0.25) is 5.01 Å². The largest absolute Gasteiger partial charge is 0.486 e. The molecule has 0 saturated heterocycles. The molecule has 0 saturated carbocycles. The Kier molecular flexibility index (Phi) is 7.08. The van der Waals surface area contributed by atoms with E-state index < -0.39 is 5.91 Å². The molecule has 1 unspecified atom stereocenters. The zero-order valence-corrected chi connectivity index (χ0v) is 17.3. The van der Waals surface area contributed by atoms with E-state index in [0.717, 1.165) is 17.8 Å². The molecule has 0 aliphatic carbocycles. The molecule has 3 aromatic rings. The van der Waals surface area contributed by atoms with Crippen molar-refractivity contribution in [3.63, 3.8) is 0 Å². The van der Waals surface area contributed by atoms with Gasteiger partial charge in [0.15, 0.2) is 5.01 Å². The number of ether oxygens (including phenoxy) is 1. The average Bonchev–Trinajstić information content (AvgIpc) is 3.22. The Balaban J connectivity index is 1.59. The Morgan fingerprint density at radius 2 is 1.90 bits per heavy atom. The van der Waals surface area contributed by atoms with Crippen LogP contribution < -0.4 is 15.4 Å². The van der Waals surface area contributed by atoms with Crippen LogP contribution in [-0.4, -0.2) is 28.1 Å². The molecule has 0 spiro atoms. The maximum Gasteiger partial charge on any atom is 0.286 e. The molecule has 7 nitrogen and oxygen atoms in total.